The van der Waals surface area contributed by atoms with E-state index < -0.39 is 36.0 Å². The fraction of sp³-hybridized carbons (Fsp3) is 0.559. The van der Waals surface area contributed by atoms with E-state index >= 15 is 0 Å². The zero-order chi connectivity index (χ0) is 34.9. The molecule has 5 amide bonds. The molecule has 5 rings (SSSR count). The van der Waals surface area contributed by atoms with Crippen LogP contribution in [0.3, 0.4) is 0 Å². The molecule has 15 heteroatoms. The highest BCUT2D eigenvalue weighted by atomic mass is 16.6. The van der Waals surface area contributed by atoms with Crippen molar-refractivity contribution in [1.82, 2.24) is 30.7 Å². The minimum absolute atomic E-state index is 0.0992. The highest BCUT2D eigenvalue weighted by Crippen LogP contribution is 2.27. The van der Waals surface area contributed by atoms with Gasteiger partial charge in [0.15, 0.2) is 6.61 Å². The lowest BCUT2D eigenvalue weighted by Crippen LogP contribution is -2.63. The van der Waals surface area contributed by atoms with Crippen molar-refractivity contribution < 1.29 is 43.3 Å². The van der Waals surface area contributed by atoms with Crippen LogP contribution in [0.2, 0.25) is 0 Å². The van der Waals surface area contributed by atoms with Crippen LogP contribution in [0.25, 0.3) is 10.9 Å². The summed E-state index contributed by atoms with van der Waals surface area (Å²) in [4.78, 5) is 83.6. The first kappa shape index (κ1) is 35.4. The molecule has 3 aliphatic rings. The predicted octanol–water partition coefficient (Wildman–Crippen LogP) is 1.97. The van der Waals surface area contributed by atoms with Crippen LogP contribution in [-0.4, -0.2) is 113 Å². The van der Waals surface area contributed by atoms with E-state index in [9.17, 15) is 33.9 Å². The van der Waals surface area contributed by atoms with Crippen molar-refractivity contribution in [2.24, 2.45) is 0 Å². The number of carbonyl (C=O) groups excluding carboxylic acids is 5. The van der Waals surface area contributed by atoms with Crippen molar-refractivity contribution in [2.45, 2.75) is 88.9 Å². The Balaban J connectivity index is 1.22. The maximum Gasteiger partial charge on any atom is 0.409 e. The third kappa shape index (κ3) is 9.15. The molecule has 1 saturated carbocycles. The van der Waals surface area contributed by atoms with Gasteiger partial charge in [-0.2, -0.15) is 0 Å². The normalized spacial score (nSPS) is 18.2. The third-order valence-electron chi connectivity index (χ3n) is 9.07. The molecule has 1 aliphatic carbocycles. The van der Waals surface area contributed by atoms with Gasteiger partial charge in [-0.3, -0.25) is 24.0 Å². The molecule has 1 aromatic heterocycles. The van der Waals surface area contributed by atoms with Gasteiger partial charge in [0.25, 0.3) is 11.8 Å². The number of carboxylic acid groups (broad SMARTS) is 1. The Hall–Kier alpha value is -4.95. The highest BCUT2D eigenvalue weighted by Gasteiger charge is 2.37. The molecule has 0 radical (unpaired) electrons. The number of fused-ring (bicyclic) bond motifs is 1. The summed E-state index contributed by atoms with van der Waals surface area (Å²) in [6, 6.07) is 6.30. The maximum atomic E-state index is 13.5. The first-order valence-electron chi connectivity index (χ1n) is 17.0. The first-order chi connectivity index (χ1) is 23.6. The van der Waals surface area contributed by atoms with Crippen LogP contribution in [0.1, 0.15) is 75.2 Å². The largest absolute Gasteiger partial charge is 0.483 e. The molecule has 0 bridgehead atoms. The summed E-state index contributed by atoms with van der Waals surface area (Å²) >= 11 is 0. The van der Waals surface area contributed by atoms with Gasteiger partial charge in [-0.25, -0.2) is 9.78 Å². The molecule has 2 saturated heterocycles. The summed E-state index contributed by atoms with van der Waals surface area (Å²) in [5.41, 5.74) is 0.307. The van der Waals surface area contributed by atoms with Crippen molar-refractivity contribution in [2.75, 3.05) is 32.8 Å². The SMILES string of the molecule is CCCCOC(=O)N1CC(NC(=O)[C@H](CCC(=O)O)NC(=O)c2cc(OCC(=O)N3CCC[C@H]3C(=O)NC3CCC3)c3ccccc3n2)C1. The van der Waals surface area contributed by atoms with Gasteiger partial charge in [0.1, 0.15) is 23.5 Å². The quantitative estimate of drug-likeness (QED) is 0.202. The number of unbranched alkanes of at least 4 members (excludes halogenated alkanes) is 1. The molecule has 49 heavy (non-hydrogen) atoms. The van der Waals surface area contributed by atoms with Crippen molar-refractivity contribution in [1.29, 1.82) is 0 Å². The van der Waals surface area contributed by atoms with E-state index in [1.165, 1.54) is 15.9 Å². The maximum absolute atomic E-state index is 13.5. The average Bonchev–Trinajstić information content (AvgIpc) is 3.55. The van der Waals surface area contributed by atoms with Gasteiger partial charge >= 0.3 is 12.1 Å². The number of para-hydroxylation sites is 1. The average molecular weight is 681 g/mol. The van der Waals surface area contributed by atoms with E-state index in [-0.39, 0.29) is 67.9 Å². The highest BCUT2D eigenvalue weighted by molar-refractivity contribution is 5.99. The van der Waals surface area contributed by atoms with Crippen LogP contribution in [0, 0.1) is 0 Å². The molecule has 0 spiro atoms. The summed E-state index contributed by atoms with van der Waals surface area (Å²) < 4.78 is 11.1. The minimum Gasteiger partial charge on any atom is -0.483 e. The number of carboxylic acids is 1. The van der Waals surface area contributed by atoms with E-state index in [4.69, 9.17) is 9.47 Å². The minimum atomic E-state index is -1.20. The number of rotatable bonds is 15. The molecule has 4 N–H and O–H groups in total. The molecule has 2 aliphatic heterocycles. The van der Waals surface area contributed by atoms with Gasteiger partial charge in [-0.1, -0.05) is 25.5 Å². The lowest BCUT2D eigenvalue weighted by atomic mass is 9.93. The Labute approximate surface area is 284 Å². The van der Waals surface area contributed by atoms with Gasteiger partial charge in [-0.15, -0.1) is 0 Å². The number of likely N-dealkylation sites (tertiary alicyclic amines) is 2. The summed E-state index contributed by atoms with van der Waals surface area (Å²) in [6.07, 6.45) is 4.87. The Bertz CT molecular complexity index is 1560. The number of benzene rings is 1. The number of amides is 5. The van der Waals surface area contributed by atoms with E-state index in [0.717, 1.165) is 32.1 Å². The second kappa shape index (κ2) is 16.4. The number of hydrogen-bond donors (Lipinski definition) is 4. The van der Waals surface area contributed by atoms with E-state index in [0.29, 0.717) is 36.9 Å². The number of nitrogens with one attached hydrogen (secondary N) is 3. The van der Waals surface area contributed by atoms with Crippen molar-refractivity contribution in [3.05, 3.63) is 36.0 Å². The molecule has 15 nitrogen and oxygen atoms in total. The standard InChI is InChI=1S/C34H44N6O9/c1-2-3-16-48-34(47)39-18-22(19-39)36-31(44)25(13-14-30(42)43)38-32(45)26-17-28(23-10-4-5-11-24(23)37-26)49-20-29(41)40-15-7-12-27(40)33(46)35-21-8-6-9-21/h4-5,10-11,17,21-22,25,27H,2-3,6-9,12-16,18-20H2,1H3,(H,35,46)(H,36,44)(H,38,45)(H,42,43)/t25-,27-/m0/s1. The van der Waals surface area contributed by atoms with Gasteiger partial charge in [0, 0.05) is 43.5 Å². The zero-order valence-electron chi connectivity index (χ0n) is 27.7. The second-order valence-electron chi connectivity index (χ2n) is 12.7. The smallest absolute Gasteiger partial charge is 0.409 e. The van der Waals surface area contributed by atoms with Crippen LogP contribution in [0.4, 0.5) is 4.79 Å². The summed E-state index contributed by atoms with van der Waals surface area (Å²) in [5.74, 6) is -2.76. The lowest BCUT2D eigenvalue weighted by molar-refractivity contribution is -0.140. The number of aromatic nitrogens is 1. The monoisotopic (exact) mass is 680 g/mol. The Morgan fingerprint density at radius 3 is 2.51 bits per heavy atom. The summed E-state index contributed by atoms with van der Waals surface area (Å²) in [6.45, 7) is 2.83. The molecular weight excluding hydrogens is 636 g/mol. The predicted molar refractivity (Wildman–Crippen MR) is 176 cm³/mol. The van der Waals surface area contributed by atoms with Crippen LogP contribution in [0.15, 0.2) is 30.3 Å². The van der Waals surface area contributed by atoms with Gasteiger partial charge in [0.2, 0.25) is 11.8 Å². The van der Waals surface area contributed by atoms with E-state index in [1.54, 1.807) is 24.3 Å². The van der Waals surface area contributed by atoms with Crippen molar-refractivity contribution in [3.8, 4) is 5.75 Å². The number of nitrogens with zero attached hydrogens (tertiary/aromatic N) is 3. The van der Waals surface area contributed by atoms with E-state index in [1.807, 2.05) is 6.92 Å². The van der Waals surface area contributed by atoms with E-state index in [2.05, 4.69) is 20.9 Å². The Kier molecular flexibility index (Phi) is 11.9. The van der Waals surface area contributed by atoms with Crippen molar-refractivity contribution >= 4 is 46.6 Å². The van der Waals surface area contributed by atoms with Gasteiger partial charge < -0.3 is 40.3 Å². The summed E-state index contributed by atoms with van der Waals surface area (Å²) in [7, 11) is 0. The van der Waals surface area contributed by atoms with Crippen LogP contribution in [-0.2, 0) is 23.9 Å². The Morgan fingerprint density at radius 2 is 1.80 bits per heavy atom. The fourth-order valence-electron chi connectivity index (χ4n) is 5.97. The van der Waals surface area contributed by atoms with Crippen LogP contribution >= 0.6 is 0 Å². The molecule has 2 aromatic rings. The molecule has 3 heterocycles. The molecule has 264 valence electrons. The number of aliphatic carboxylic acids is 1. The molecule has 3 fully saturated rings. The number of carbonyl (C=O) groups is 6. The topological polar surface area (TPSA) is 197 Å². The zero-order valence-corrected chi connectivity index (χ0v) is 27.7. The molecule has 0 unspecified atom stereocenters. The van der Waals surface area contributed by atoms with Crippen molar-refractivity contribution in [3.63, 3.8) is 0 Å². The van der Waals surface area contributed by atoms with Gasteiger partial charge in [0.05, 0.1) is 18.2 Å². The van der Waals surface area contributed by atoms with Crippen LogP contribution in [0.5, 0.6) is 5.75 Å². The van der Waals surface area contributed by atoms with Crippen LogP contribution < -0.4 is 20.7 Å². The lowest BCUT2D eigenvalue weighted by Gasteiger charge is -2.39. The first-order valence-corrected chi connectivity index (χ1v) is 17.0. The fourth-order valence-corrected chi connectivity index (χ4v) is 5.97. The molecule has 2 atom stereocenters. The summed E-state index contributed by atoms with van der Waals surface area (Å²) in [5, 5.41) is 18.2. The number of ether oxygens (including phenoxy) is 2. The second-order valence-corrected chi connectivity index (χ2v) is 12.7. The Morgan fingerprint density at radius 1 is 1.02 bits per heavy atom. The number of pyridine rings is 1. The molecule has 1 aromatic carbocycles. The number of hydrogen-bond acceptors (Lipinski definition) is 9. The molecular formula is C34H44N6O9. The van der Waals surface area contributed by atoms with Gasteiger partial charge in [-0.05, 0) is 57.1 Å². The third-order valence-corrected chi connectivity index (χ3v) is 9.07.